The number of hydrogen-bond donors (Lipinski definition) is 1. The normalized spacial score (nSPS) is 12.6. The summed E-state index contributed by atoms with van der Waals surface area (Å²) in [5.41, 5.74) is 2.58. The Morgan fingerprint density at radius 1 is 1.11 bits per heavy atom. The Labute approximate surface area is 109 Å². The van der Waals surface area contributed by atoms with Gasteiger partial charge in [0.2, 0.25) is 0 Å². The van der Waals surface area contributed by atoms with Gasteiger partial charge in [-0.15, -0.1) is 0 Å². The third-order valence-corrected chi connectivity index (χ3v) is 3.14. The summed E-state index contributed by atoms with van der Waals surface area (Å²) >= 11 is 0. The second-order valence-corrected chi connectivity index (χ2v) is 4.69. The van der Waals surface area contributed by atoms with Crippen LogP contribution in [-0.2, 0) is 0 Å². The zero-order chi connectivity index (χ0) is 13.0. The molecule has 0 saturated carbocycles. The molecule has 1 heterocycles. The monoisotopic (exact) mass is 243 g/mol. The molecule has 0 amide bonds. The van der Waals surface area contributed by atoms with Crippen LogP contribution in [-0.4, -0.2) is 6.54 Å². The van der Waals surface area contributed by atoms with Crippen LogP contribution in [0.15, 0.2) is 40.8 Å². The van der Waals surface area contributed by atoms with Crippen molar-refractivity contribution in [2.75, 3.05) is 6.54 Å². The molecule has 0 spiro atoms. The highest BCUT2D eigenvalue weighted by atomic mass is 16.3. The Hall–Kier alpha value is -1.54. The molecule has 2 heteroatoms. The SMILES string of the molecule is CCCNC(c1ccc(C)o1)c1ccccc1C. The third-order valence-electron chi connectivity index (χ3n) is 3.14. The van der Waals surface area contributed by atoms with Gasteiger partial charge in [-0.1, -0.05) is 31.2 Å². The minimum Gasteiger partial charge on any atom is -0.464 e. The van der Waals surface area contributed by atoms with Crippen LogP contribution in [0.25, 0.3) is 0 Å². The average molecular weight is 243 g/mol. The predicted molar refractivity (Wildman–Crippen MR) is 74.8 cm³/mol. The van der Waals surface area contributed by atoms with Crippen LogP contribution < -0.4 is 5.32 Å². The second kappa shape index (κ2) is 5.87. The number of rotatable bonds is 5. The fourth-order valence-corrected chi connectivity index (χ4v) is 2.17. The molecule has 0 saturated heterocycles. The summed E-state index contributed by atoms with van der Waals surface area (Å²) in [6.45, 7) is 7.29. The third kappa shape index (κ3) is 2.82. The van der Waals surface area contributed by atoms with E-state index in [2.05, 4.69) is 49.5 Å². The lowest BCUT2D eigenvalue weighted by atomic mass is 9.99. The molecule has 0 fully saturated rings. The molecule has 1 unspecified atom stereocenters. The summed E-state index contributed by atoms with van der Waals surface area (Å²) in [6.07, 6.45) is 1.11. The van der Waals surface area contributed by atoms with Crippen molar-refractivity contribution in [3.05, 3.63) is 59.0 Å². The van der Waals surface area contributed by atoms with Gasteiger partial charge in [0.25, 0.3) is 0 Å². The van der Waals surface area contributed by atoms with Crippen molar-refractivity contribution in [3.63, 3.8) is 0 Å². The summed E-state index contributed by atoms with van der Waals surface area (Å²) in [7, 11) is 0. The van der Waals surface area contributed by atoms with Crippen molar-refractivity contribution in [2.24, 2.45) is 0 Å². The molecule has 0 bridgehead atoms. The van der Waals surface area contributed by atoms with Crippen LogP contribution in [0.4, 0.5) is 0 Å². The van der Waals surface area contributed by atoms with Gasteiger partial charge in [-0.25, -0.2) is 0 Å². The zero-order valence-corrected chi connectivity index (χ0v) is 11.4. The van der Waals surface area contributed by atoms with E-state index in [1.807, 2.05) is 13.0 Å². The van der Waals surface area contributed by atoms with Gasteiger partial charge in [-0.2, -0.15) is 0 Å². The van der Waals surface area contributed by atoms with E-state index in [1.165, 1.54) is 11.1 Å². The first-order valence-corrected chi connectivity index (χ1v) is 6.57. The van der Waals surface area contributed by atoms with Crippen LogP contribution >= 0.6 is 0 Å². The predicted octanol–water partition coefficient (Wildman–Crippen LogP) is 3.99. The molecule has 0 radical (unpaired) electrons. The highest BCUT2D eigenvalue weighted by Crippen LogP contribution is 2.26. The molecule has 2 nitrogen and oxygen atoms in total. The molecule has 1 atom stereocenters. The molecular formula is C16H21NO. The minimum atomic E-state index is 0.153. The first-order valence-electron chi connectivity index (χ1n) is 6.57. The number of furan rings is 1. The lowest BCUT2D eigenvalue weighted by molar-refractivity contribution is 0.430. The molecule has 0 aliphatic rings. The topological polar surface area (TPSA) is 25.2 Å². The van der Waals surface area contributed by atoms with Crippen molar-refractivity contribution >= 4 is 0 Å². The van der Waals surface area contributed by atoms with Gasteiger partial charge in [-0.3, -0.25) is 0 Å². The van der Waals surface area contributed by atoms with E-state index in [1.54, 1.807) is 0 Å². The number of hydrogen-bond acceptors (Lipinski definition) is 2. The van der Waals surface area contributed by atoms with Gasteiger partial charge < -0.3 is 9.73 Å². The summed E-state index contributed by atoms with van der Waals surface area (Å²) in [4.78, 5) is 0. The summed E-state index contributed by atoms with van der Waals surface area (Å²) in [5.74, 6) is 1.96. The van der Waals surface area contributed by atoms with E-state index in [0.717, 1.165) is 24.5 Å². The van der Waals surface area contributed by atoms with Crippen molar-refractivity contribution in [1.29, 1.82) is 0 Å². The highest BCUT2D eigenvalue weighted by Gasteiger charge is 2.18. The first-order chi connectivity index (χ1) is 8.72. The van der Waals surface area contributed by atoms with Crippen LogP contribution in [0.3, 0.4) is 0 Å². The molecule has 96 valence electrons. The summed E-state index contributed by atoms with van der Waals surface area (Å²) in [5, 5.41) is 3.56. The van der Waals surface area contributed by atoms with E-state index >= 15 is 0 Å². The Kier molecular flexibility index (Phi) is 4.21. The van der Waals surface area contributed by atoms with Gasteiger partial charge in [0, 0.05) is 0 Å². The smallest absolute Gasteiger partial charge is 0.125 e. The maximum Gasteiger partial charge on any atom is 0.125 e. The maximum absolute atomic E-state index is 5.79. The molecule has 1 N–H and O–H groups in total. The lowest BCUT2D eigenvalue weighted by Gasteiger charge is -2.18. The molecule has 1 aromatic heterocycles. The van der Waals surface area contributed by atoms with Gasteiger partial charge in [0.05, 0.1) is 6.04 Å². The molecule has 0 aliphatic carbocycles. The fraction of sp³-hybridized carbons (Fsp3) is 0.375. The van der Waals surface area contributed by atoms with Crippen molar-refractivity contribution < 1.29 is 4.42 Å². The number of aryl methyl sites for hydroxylation is 2. The lowest BCUT2D eigenvalue weighted by Crippen LogP contribution is -2.23. The van der Waals surface area contributed by atoms with Gasteiger partial charge in [0.15, 0.2) is 0 Å². The van der Waals surface area contributed by atoms with Crippen LogP contribution in [0.2, 0.25) is 0 Å². The Bertz CT molecular complexity index is 501. The van der Waals surface area contributed by atoms with Crippen molar-refractivity contribution in [3.8, 4) is 0 Å². The Morgan fingerprint density at radius 2 is 1.89 bits per heavy atom. The van der Waals surface area contributed by atoms with Gasteiger partial charge >= 0.3 is 0 Å². The first kappa shape index (κ1) is 12.9. The second-order valence-electron chi connectivity index (χ2n) is 4.69. The summed E-state index contributed by atoms with van der Waals surface area (Å²) in [6, 6.07) is 12.7. The average Bonchev–Trinajstić information content (AvgIpc) is 2.78. The zero-order valence-electron chi connectivity index (χ0n) is 11.4. The quantitative estimate of drug-likeness (QED) is 0.859. The van der Waals surface area contributed by atoms with E-state index in [-0.39, 0.29) is 6.04 Å². The van der Waals surface area contributed by atoms with Gasteiger partial charge in [-0.05, 0) is 50.1 Å². The Balaban J connectivity index is 2.33. The van der Waals surface area contributed by atoms with Gasteiger partial charge in [0.1, 0.15) is 11.5 Å². The maximum atomic E-state index is 5.79. The van der Waals surface area contributed by atoms with E-state index < -0.39 is 0 Å². The van der Waals surface area contributed by atoms with Crippen molar-refractivity contribution in [2.45, 2.75) is 33.2 Å². The summed E-state index contributed by atoms with van der Waals surface area (Å²) < 4.78 is 5.79. The van der Waals surface area contributed by atoms with E-state index in [0.29, 0.717) is 0 Å². The largest absolute Gasteiger partial charge is 0.464 e. The fourth-order valence-electron chi connectivity index (χ4n) is 2.17. The molecule has 2 rings (SSSR count). The molecule has 0 aliphatic heterocycles. The van der Waals surface area contributed by atoms with Crippen molar-refractivity contribution in [1.82, 2.24) is 5.32 Å². The molecule has 2 aromatic rings. The molecule has 18 heavy (non-hydrogen) atoms. The Morgan fingerprint density at radius 3 is 2.50 bits per heavy atom. The number of nitrogens with one attached hydrogen (secondary N) is 1. The minimum absolute atomic E-state index is 0.153. The van der Waals surface area contributed by atoms with Crippen LogP contribution in [0.5, 0.6) is 0 Å². The molecule has 1 aromatic carbocycles. The van der Waals surface area contributed by atoms with E-state index in [4.69, 9.17) is 4.42 Å². The van der Waals surface area contributed by atoms with Crippen LogP contribution in [0.1, 0.15) is 42.0 Å². The van der Waals surface area contributed by atoms with E-state index in [9.17, 15) is 0 Å². The molecular weight excluding hydrogens is 222 g/mol. The standard InChI is InChI=1S/C16H21NO/c1-4-11-17-16(15-10-9-13(3)18-15)14-8-6-5-7-12(14)2/h5-10,16-17H,4,11H2,1-3H3. The number of benzene rings is 1. The van der Waals surface area contributed by atoms with Crippen LogP contribution in [0, 0.1) is 13.8 Å². The highest BCUT2D eigenvalue weighted by molar-refractivity contribution is 5.33.